The van der Waals surface area contributed by atoms with Gasteiger partial charge in [-0.3, -0.25) is 19.2 Å². The van der Waals surface area contributed by atoms with Gasteiger partial charge in [-0.2, -0.15) is 0 Å². The molecule has 12 N–H and O–H groups in total. The molecule has 0 aromatic carbocycles. The summed E-state index contributed by atoms with van der Waals surface area (Å²) in [6.07, 6.45) is 2.71. The fourth-order valence-electron chi connectivity index (χ4n) is 2.90. The number of hydrogen-bond acceptors (Lipinski definition) is 8. The monoisotopic (exact) mass is 473 g/mol. The van der Waals surface area contributed by atoms with Gasteiger partial charge in [0.25, 0.3) is 0 Å². The Bertz CT molecular complexity index is 661. The van der Waals surface area contributed by atoms with Crippen LogP contribution in [-0.2, 0) is 24.0 Å². The lowest BCUT2D eigenvalue weighted by molar-refractivity contribution is -0.142. The summed E-state index contributed by atoms with van der Waals surface area (Å²) >= 11 is 0. The Labute approximate surface area is 193 Å². The molecule has 0 aliphatic carbocycles. The number of primary amides is 1. The average Bonchev–Trinajstić information content (AvgIpc) is 2.75. The SMILES string of the molecule is CC(NC(=O)C(N)CCCCN)C(=O)NC(CCCCN)C(=O)NC(CCC(N)=O)C(=O)O. The molecule has 0 saturated carbocycles. The van der Waals surface area contributed by atoms with Crippen molar-refractivity contribution in [3.05, 3.63) is 0 Å². The molecule has 0 aliphatic rings. The molecule has 4 unspecified atom stereocenters. The van der Waals surface area contributed by atoms with E-state index in [1.54, 1.807) is 0 Å². The Morgan fingerprint density at radius 1 is 0.758 bits per heavy atom. The van der Waals surface area contributed by atoms with E-state index in [4.69, 9.17) is 22.9 Å². The second-order valence-electron chi connectivity index (χ2n) is 7.87. The van der Waals surface area contributed by atoms with Crippen LogP contribution >= 0.6 is 0 Å². The number of carboxylic acid groups (broad SMARTS) is 1. The van der Waals surface area contributed by atoms with E-state index in [0.717, 1.165) is 6.42 Å². The number of amides is 4. The molecule has 33 heavy (non-hydrogen) atoms. The second kappa shape index (κ2) is 16.8. The first kappa shape index (κ1) is 30.2. The average molecular weight is 474 g/mol. The number of rotatable bonds is 18. The number of aliphatic carboxylic acids is 1. The molecule has 0 aliphatic heterocycles. The molecule has 13 nitrogen and oxygen atoms in total. The molecule has 0 radical (unpaired) electrons. The van der Waals surface area contributed by atoms with Gasteiger partial charge in [-0.15, -0.1) is 0 Å². The largest absolute Gasteiger partial charge is 0.480 e. The first-order valence-corrected chi connectivity index (χ1v) is 11.1. The van der Waals surface area contributed by atoms with Crippen molar-refractivity contribution in [3.63, 3.8) is 0 Å². The lowest BCUT2D eigenvalue weighted by Gasteiger charge is -2.23. The zero-order valence-corrected chi connectivity index (χ0v) is 19.2. The molecule has 0 saturated heterocycles. The van der Waals surface area contributed by atoms with Crippen molar-refractivity contribution in [3.8, 4) is 0 Å². The van der Waals surface area contributed by atoms with Gasteiger partial charge in [-0.1, -0.05) is 6.42 Å². The zero-order valence-electron chi connectivity index (χ0n) is 19.2. The minimum absolute atomic E-state index is 0.186. The van der Waals surface area contributed by atoms with Crippen molar-refractivity contribution < 1.29 is 29.1 Å². The van der Waals surface area contributed by atoms with E-state index in [1.807, 2.05) is 0 Å². The van der Waals surface area contributed by atoms with Gasteiger partial charge >= 0.3 is 5.97 Å². The number of carbonyl (C=O) groups excluding carboxylic acids is 4. The van der Waals surface area contributed by atoms with E-state index >= 15 is 0 Å². The first-order chi connectivity index (χ1) is 15.5. The molecule has 4 atom stereocenters. The summed E-state index contributed by atoms with van der Waals surface area (Å²) in [6, 6.07) is -4.18. The summed E-state index contributed by atoms with van der Waals surface area (Å²) in [6.45, 7) is 2.32. The maximum Gasteiger partial charge on any atom is 0.326 e. The van der Waals surface area contributed by atoms with E-state index in [9.17, 15) is 29.1 Å². The van der Waals surface area contributed by atoms with Gasteiger partial charge in [-0.25, -0.2) is 4.79 Å². The van der Waals surface area contributed by atoms with Crippen LogP contribution in [0, 0.1) is 0 Å². The van der Waals surface area contributed by atoms with E-state index in [-0.39, 0.29) is 19.3 Å². The van der Waals surface area contributed by atoms with Gasteiger partial charge in [0.15, 0.2) is 0 Å². The van der Waals surface area contributed by atoms with E-state index < -0.39 is 53.8 Å². The summed E-state index contributed by atoms with van der Waals surface area (Å²) < 4.78 is 0. The second-order valence-corrected chi connectivity index (χ2v) is 7.87. The van der Waals surface area contributed by atoms with Gasteiger partial charge in [0.2, 0.25) is 23.6 Å². The Balaban J connectivity index is 5.05. The van der Waals surface area contributed by atoms with Crippen molar-refractivity contribution in [1.29, 1.82) is 0 Å². The first-order valence-electron chi connectivity index (χ1n) is 11.1. The highest BCUT2D eigenvalue weighted by atomic mass is 16.4. The highest BCUT2D eigenvalue weighted by Crippen LogP contribution is 2.05. The Morgan fingerprint density at radius 2 is 1.30 bits per heavy atom. The van der Waals surface area contributed by atoms with Crippen molar-refractivity contribution in [1.82, 2.24) is 16.0 Å². The Morgan fingerprint density at radius 3 is 1.82 bits per heavy atom. The van der Waals surface area contributed by atoms with Gasteiger partial charge < -0.3 is 44.0 Å². The summed E-state index contributed by atoms with van der Waals surface area (Å²) in [5.41, 5.74) is 21.8. The van der Waals surface area contributed by atoms with Crippen LogP contribution in [0.3, 0.4) is 0 Å². The smallest absolute Gasteiger partial charge is 0.326 e. The van der Waals surface area contributed by atoms with E-state index in [2.05, 4.69) is 16.0 Å². The maximum absolute atomic E-state index is 12.7. The lowest BCUT2D eigenvalue weighted by atomic mass is 10.1. The molecule has 0 rings (SSSR count). The predicted octanol–water partition coefficient (Wildman–Crippen LogP) is -2.60. The number of nitrogens with one attached hydrogen (secondary N) is 3. The summed E-state index contributed by atoms with van der Waals surface area (Å²) in [5.74, 6) is -3.89. The highest BCUT2D eigenvalue weighted by Gasteiger charge is 2.28. The minimum Gasteiger partial charge on any atom is -0.480 e. The van der Waals surface area contributed by atoms with Crippen LogP contribution in [0.15, 0.2) is 0 Å². The topological polar surface area (TPSA) is 246 Å². The lowest BCUT2D eigenvalue weighted by Crippen LogP contribution is -2.56. The molecule has 13 heteroatoms. The molecule has 4 amide bonds. The summed E-state index contributed by atoms with van der Waals surface area (Å²) in [7, 11) is 0. The fraction of sp³-hybridized carbons (Fsp3) is 0.750. The Kier molecular flexibility index (Phi) is 15.4. The van der Waals surface area contributed by atoms with Crippen molar-refractivity contribution in [2.24, 2.45) is 22.9 Å². The number of unbranched alkanes of at least 4 members (excludes halogenated alkanes) is 2. The van der Waals surface area contributed by atoms with Crippen molar-refractivity contribution >= 4 is 29.6 Å². The van der Waals surface area contributed by atoms with Crippen LogP contribution in [-0.4, -0.2) is 72.0 Å². The number of carbonyl (C=O) groups is 5. The third-order valence-corrected chi connectivity index (χ3v) is 4.93. The predicted molar refractivity (Wildman–Crippen MR) is 121 cm³/mol. The minimum atomic E-state index is -1.34. The van der Waals surface area contributed by atoms with Gasteiger partial charge in [-0.05, 0) is 58.5 Å². The number of carboxylic acids is 1. The Hall–Kier alpha value is -2.77. The van der Waals surface area contributed by atoms with E-state index in [0.29, 0.717) is 38.8 Å². The molecule has 0 fully saturated rings. The van der Waals surface area contributed by atoms with Crippen LogP contribution in [0.25, 0.3) is 0 Å². The zero-order chi connectivity index (χ0) is 25.4. The molecular weight excluding hydrogens is 434 g/mol. The van der Waals surface area contributed by atoms with Crippen LogP contribution in [0.2, 0.25) is 0 Å². The fourth-order valence-corrected chi connectivity index (χ4v) is 2.90. The van der Waals surface area contributed by atoms with Crippen LogP contribution in [0.1, 0.15) is 58.3 Å². The van der Waals surface area contributed by atoms with Crippen LogP contribution in [0.4, 0.5) is 0 Å². The number of nitrogens with two attached hydrogens (primary N) is 4. The molecule has 0 aromatic rings. The molecule has 0 bridgehead atoms. The van der Waals surface area contributed by atoms with E-state index in [1.165, 1.54) is 6.92 Å². The third-order valence-electron chi connectivity index (χ3n) is 4.93. The summed E-state index contributed by atoms with van der Waals surface area (Å²) in [4.78, 5) is 59.8. The van der Waals surface area contributed by atoms with Crippen LogP contribution in [0.5, 0.6) is 0 Å². The van der Waals surface area contributed by atoms with Crippen molar-refractivity contribution in [2.45, 2.75) is 82.5 Å². The maximum atomic E-state index is 12.7. The highest BCUT2D eigenvalue weighted by molar-refractivity contribution is 5.93. The van der Waals surface area contributed by atoms with Gasteiger partial charge in [0, 0.05) is 6.42 Å². The molecule has 0 heterocycles. The quantitative estimate of drug-likeness (QED) is 0.0970. The van der Waals surface area contributed by atoms with Gasteiger partial charge in [0.05, 0.1) is 6.04 Å². The molecule has 0 aromatic heterocycles. The normalized spacial score (nSPS) is 14.4. The summed E-state index contributed by atoms with van der Waals surface area (Å²) in [5, 5.41) is 16.7. The third kappa shape index (κ3) is 13.4. The van der Waals surface area contributed by atoms with Crippen molar-refractivity contribution in [2.75, 3.05) is 13.1 Å². The molecule has 0 spiro atoms. The van der Waals surface area contributed by atoms with Crippen LogP contribution < -0.4 is 38.9 Å². The molecular formula is C20H39N7O6. The molecule has 190 valence electrons. The van der Waals surface area contributed by atoms with Gasteiger partial charge in [0.1, 0.15) is 18.1 Å². The number of hydrogen-bond donors (Lipinski definition) is 8. The standard InChI is InChI=1S/C20H39N7O6/c1-12(25-18(30)13(23)6-2-4-10-21)17(29)26-14(7-3-5-11-22)19(31)27-15(20(32)33)8-9-16(24)28/h12-15H,2-11,21-23H2,1H3,(H2,24,28)(H,25,30)(H,26,29)(H,27,31)(H,32,33).